The molecule has 0 spiro atoms. The highest BCUT2D eigenvalue weighted by Crippen LogP contribution is 2.17. The van der Waals surface area contributed by atoms with Crippen LogP contribution in [0.3, 0.4) is 0 Å². The van der Waals surface area contributed by atoms with Crippen LogP contribution in [-0.4, -0.2) is 18.3 Å². The topological polar surface area (TPSA) is 29.5 Å². The smallest absolute Gasteiger partial charge is 0.102 e. The zero-order valence-corrected chi connectivity index (χ0v) is 13.3. The molecule has 0 bridgehead atoms. The van der Waals surface area contributed by atoms with Crippen molar-refractivity contribution >= 4 is 0 Å². The molecule has 0 aliphatic carbocycles. The number of aliphatic hydroxyl groups is 1. The first kappa shape index (κ1) is 17.2. The van der Waals surface area contributed by atoms with E-state index in [1.807, 2.05) is 12.1 Å². The van der Waals surface area contributed by atoms with Crippen molar-refractivity contribution in [3.8, 4) is 0 Å². The van der Waals surface area contributed by atoms with Crippen LogP contribution in [0.2, 0.25) is 0 Å². The van der Waals surface area contributed by atoms with Gasteiger partial charge in [-0.2, -0.15) is 0 Å². The molecule has 0 radical (unpaired) electrons. The van der Waals surface area contributed by atoms with Gasteiger partial charge < -0.3 is 9.84 Å². The number of hydrogen-bond donors (Lipinski definition) is 1. The average Bonchev–Trinajstić information content (AvgIpc) is 2.50. The molecule has 0 aromatic heterocycles. The van der Waals surface area contributed by atoms with Crippen molar-refractivity contribution in [2.24, 2.45) is 5.92 Å². The summed E-state index contributed by atoms with van der Waals surface area (Å²) in [6.07, 6.45) is 5.41. The minimum Gasteiger partial charge on any atom is -0.386 e. The van der Waals surface area contributed by atoms with E-state index in [1.165, 1.54) is 24.8 Å². The summed E-state index contributed by atoms with van der Waals surface area (Å²) in [5, 5.41) is 10.1. The molecule has 2 nitrogen and oxygen atoms in total. The largest absolute Gasteiger partial charge is 0.386 e. The molecule has 114 valence electrons. The van der Waals surface area contributed by atoms with Crippen molar-refractivity contribution in [3.05, 3.63) is 35.4 Å². The summed E-state index contributed by atoms with van der Waals surface area (Å²) in [5.74, 6) is 0.629. The van der Waals surface area contributed by atoms with Crippen molar-refractivity contribution in [2.75, 3.05) is 13.2 Å². The van der Waals surface area contributed by atoms with E-state index < -0.39 is 6.10 Å². The van der Waals surface area contributed by atoms with E-state index in [2.05, 4.69) is 32.9 Å². The Hall–Kier alpha value is -0.860. The average molecular weight is 278 g/mol. The lowest BCUT2D eigenvalue weighted by Gasteiger charge is -2.17. The van der Waals surface area contributed by atoms with Crippen molar-refractivity contribution in [3.63, 3.8) is 0 Å². The maximum atomic E-state index is 10.1. The van der Waals surface area contributed by atoms with Crippen LogP contribution in [0.5, 0.6) is 0 Å². The van der Waals surface area contributed by atoms with Crippen LogP contribution < -0.4 is 0 Å². The quantitative estimate of drug-likeness (QED) is 0.682. The van der Waals surface area contributed by atoms with Crippen molar-refractivity contribution in [2.45, 2.75) is 59.0 Å². The minimum atomic E-state index is -0.510. The third-order valence-corrected chi connectivity index (χ3v) is 3.95. The molecule has 0 saturated carbocycles. The molecular weight excluding hydrogens is 248 g/mol. The van der Waals surface area contributed by atoms with Gasteiger partial charge in [-0.25, -0.2) is 0 Å². The summed E-state index contributed by atoms with van der Waals surface area (Å²) in [7, 11) is 0. The van der Waals surface area contributed by atoms with Gasteiger partial charge in [0.25, 0.3) is 0 Å². The van der Waals surface area contributed by atoms with E-state index in [0.717, 1.165) is 25.0 Å². The van der Waals surface area contributed by atoms with E-state index in [1.54, 1.807) is 0 Å². The molecule has 1 aromatic rings. The molecule has 1 aromatic carbocycles. The summed E-state index contributed by atoms with van der Waals surface area (Å²) in [6, 6.07) is 8.16. The molecule has 0 heterocycles. The van der Waals surface area contributed by atoms with Gasteiger partial charge in [0.05, 0.1) is 6.61 Å². The first-order chi connectivity index (χ1) is 9.71. The first-order valence-electron chi connectivity index (χ1n) is 8.05. The van der Waals surface area contributed by atoms with E-state index >= 15 is 0 Å². The molecule has 2 atom stereocenters. The van der Waals surface area contributed by atoms with Crippen LogP contribution in [0.4, 0.5) is 0 Å². The SMILES string of the molecule is CCCCC(CC)COCC(O)c1ccc(CC)cc1. The van der Waals surface area contributed by atoms with Gasteiger partial charge in [-0.05, 0) is 29.9 Å². The van der Waals surface area contributed by atoms with Crippen LogP contribution in [0.15, 0.2) is 24.3 Å². The Morgan fingerprint density at radius 3 is 2.30 bits per heavy atom. The lowest BCUT2D eigenvalue weighted by molar-refractivity contribution is 0.0181. The van der Waals surface area contributed by atoms with Crippen LogP contribution >= 0.6 is 0 Å². The number of aliphatic hydroxyl groups excluding tert-OH is 1. The Morgan fingerprint density at radius 1 is 1.05 bits per heavy atom. The predicted molar refractivity (Wildman–Crippen MR) is 84.9 cm³/mol. The van der Waals surface area contributed by atoms with Gasteiger partial charge in [-0.3, -0.25) is 0 Å². The second-order valence-corrected chi connectivity index (χ2v) is 5.56. The summed E-state index contributed by atoms with van der Waals surface area (Å²) >= 11 is 0. The molecule has 2 heteroatoms. The summed E-state index contributed by atoms with van der Waals surface area (Å²) in [6.45, 7) is 7.73. The predicted octanol–water partition coefficient (Wildman–Crippen LogP) is 4.52. The fraction of sp³-hybridized carbons (Fsp3) is 0.667. The van der Waals surface area contributed by atoms with Gasteiger partial charge in [-0.15, -0.1) is 0 Å². The Morgan fingerprint density at radius 2 is 1.75 bits per heavy atom. The van der Waals surface area contributed by atoms with Gasteiger partial charge >= 0.3 is 0 Å². The van der Waals surface area contributed by atoms with Crippen molar-refractivity contribution in [1.82, 2.24) is 0 Å². The highest BCUT2D eigenvalue weighted by Gasteiger charge is 2.10. The Kier molecular flexibility index (Phi) is 8.56. The van der Waals surface area contributed by atoms with Gasteiger partial charge in [-0.1, -0.05) is 64.3 Å². The van der Waals surface area contributed by atoms with Crippen LogP contribution in [-0.2, 0) is 11.2 Å². The van der Waals surface area contributed by atoms with Gasteiger partial charge in [0.2, 0.25) is 0 Å². The number of benzene rings is 1. The standard InChI is InChI=1S/C18H30O2/c1-4-7-8-16(6-3)13-20-14-18(19)17-11-9-15(5-2)10-12-17/h9-12,16,18-19H,4-8,13-14H2,1-3H3. The Bertz CT molecular complexity index is 345. The van der Waals surface area contributed by atoms with Crippen LogP contribution in [0.1, 0.15) is 63.7 Å². The number of hydrogen-bond acceptors (Lipinski definition) is 2. The molecular formula is C18H30O2. The first-order valence-corrected chi connectivity index (χ1v) is 8.05. The summed E-state index contributed by atoms with van der Waals surface area (Å²) in [4.78, 5) is 0. The molecule has 0 fully saturated rings. The molecule has 0 aliphatic rings. The Labute approximate surface area is 124 Å². The van der Waals surface area contributed by atoms with Crippen LogP contribution in [0, 0.1) is 5.92 Å². The summed E-state index contributed by atoms with van der Waals surface area (Å²) in [5.41, 5.74) is 2.25. The molecule has 1 rings (SSSR count). The third kappa shape index (κ3) is 6.06. The van der Waals surface area contributed by atoms with Crippen molar-refractivity contribution < 1.29 is 9.84 Å². The highest BCUT2D eigenvalue weighted by atomic mass is 16.5. The zero-order valence-electron chi connectivity index (χ0n) is 13.3. The minimum absolute atomic E-state index is 0.397. The third-order valence-electron chi connectivity index (χ3n) is 3.95. The zero-order chi connectivity index (χ0) is 14.8. The van der Waals surface area contributed by atoms with Crippen LogP contribution in [0.25, 0.3) is 0 Å². The fourth-order valence-electron chi connectivity index (χ4n) is 2.32. The van der Waals surface area contributed by atoms with Gasteiger partial charge in [0.1, 0.15) is 6.10 Å². The number of rotatable bonds is 10. The molecule has 0 aliphatic heterocycles. The second-order valence-electron chi connectivity index (χ2n) is 5.56. The molecule has 20 heavy (non-hydrogen) atoms. The monoisotopic (exact) mass is 278 g/mol. The normalized spacial score (nSPS) is 14.2. The summed E-state index contributed by atoms with van der Waals surface area (Å²) < 4.78 is 5.71. The fourth-order valence-corrected chi connectivity index (χ4v) is 2.32. The second kappa shape index (κ2) is 9.95. The van der Waals surface area contributed by atoms with E-state index in [-0.39, 0.29) is 0 Å². The molecule has 1 N–H and O–H groups in total. The Balaban J connectivity index is 2.32. The van der Waals surface area contributed by atoms with Gasteiger partial charge in [0, 0.05) is 6.61 Å². The van der Waals surface area contributed by atoms with E-state index in [4.69, 9.17) is 4.74 Å². The van der Waals surface area contributed by atoms with E-state index in [0.29, 0.717) is 12.5 Å². The maximum absolute atomic E-state index is 10.1. The number of unbranched alkanes of at least 4 members (excludes halogenated alkanes) is 1. The molecule has 0 saturated heterocycles. The lowest BCUT2D eigenvalue weighted by Crippen LogP contribution is -2.13. The van der Waals surface area contributed by atoms with Gasteiger partial charge in [0.15, 0.2) is 0 Å². The highest BCUT2D eigenvalue weighted by molar-refractivity contribution is 5.24. The number of ether oxygens (including phenoxy) is 1. The van der Waals surface area contributed by atoms with Crippen molar-refractivity contribution in [1.29, 1.82) is 0 Å². The maximum Gasteiger partial charge on any atom is 0.102 e. The number of aryl methyl sites for hydroxylation is 1. The molecule has 0 amide bonds. The lowest BCUT2D eigenvalue weighted by atomic mass is 10.0. The molecule has 2 unspecified atom stereocenters. The van der Waals surface area contributed by atoms with E-state index in [9.17, 15) is 5.11 Å².